The third-order valence-corrected chi connectivity index (χ3v) is 4.42. The first-order chi connectivity index (χ1) is 10.7. The molecule has 0 bridgehead atoms. The number of benzene rings is 1. The summed E-state index contributed by atoms with van der Waals surface area (Å²) in [6.45, 7) is 5.84. The molecule has 2 rings (SSSR count). The van der Waals surface area contributed by atoms with E-state index < -0.39 is 0 Å². The summed E-state index contributed by atoms with van der Waals surface area (Å²) in [4.78, 5) is 0. The average molecular weight is 304 g/mol. The second-order valence-corrected chi connectivity index (χ2v) is 6.90. The van der Waals surface area contributed by atoms with Crippen LogP contribution in [0.15, 0.2) is 24.3 Å². The van der Waals surface area contributed by atoms with Crippen LogP contribution in [0.5, 0.6) is 5.75 Å². The Bertz CT molecular complexity index is 406. The van der Waals surface area contributed by atoms with Gasteiger partial charge in [-0.3, -0.25) is 0 Å². The van der Waals surface area contributed by atoms with E-state index in [-0.39, 0.29) is 5.60 Å². The van der Waals surface area contributed by atoms with Gasteiger partial charge in [0.05, 0.1) is 6.61 Å². The highest BCUT2D eigenvalue weighted by Crippen LogP contribution is 2.27. The summed E-state index contributed by atoms with van der Waals surface area (Å²) in [5, 5.41) is 0. The van der Waals surface area contributed by atoms with Gasteiger partial charge in [0.25, 0.3) is 0 Å². The van der Waals surface area contributed by atoms with Gasteiger partial charge < -0.3 is 9.47 Å². The molecule has 22 heavy (non-hydrogen) atoms. The maximum absolute atomic E-state index is 5.75. The fourth-order valence-electron chi connectivity index (χ4n) is 2.66. The third-order valence-electron chi connectivity index (χ3n) is 4.42. The number of unbranched alkanes of at least 4 members (excludes halogenated alkanes) is 7. The predicted molar refractivity (Wildman–Crippen MR) is 92.6 cm³/mol. The van der Waals surface area contributed by atoms with Gasteiger partial charge in [0.1, 0.15) is 18.0 Å². The molecule has 1 fully saturated rings. The topological polar surface area (TPSA) is 21.8 Å². The van der Waals surface area contributed by atoms with Gasteiger partial charge in [-0.05, 0) is 37.5 Å². The second kappa shape index (κ2) is 9.19. The minimum Gasteiger partial charge on any atom is -0.491 e. The maximum atomic E-state index is 5.75. The molecule has 2 nitrogen and oxygen atoms in total. The van der Waals surface area contributed by atoms with Gasteiger partial charge in [-0.2, -0.15) is 0 Å². The van der Waals surface area contributed by atoms with Crippen LogP contribution in [0.3, 0.4) is 0 Å². The number of hydrogen-bond donors (Lipinski definition) is 0. The quantitative estimate of drug-likeness (QED) is 0.373. The Hall–Kier alpha value is -1.02. The summed E-state index contributed by atoms with van der Waals surface area (Å²) < 4.78 is 11.1. The van der Waals surface area contributed by atoms with Crippen LogP contribution in [0.1, 0.15) is 70.8 Å². The molecule has 2 heteroatoms. The van der Waals surface area contributed by atoms with Crippen LogP contribution in [0.2, 0.25) is 0 Å². The van der Waals surface area contributed by atoms with Crippen molar-refractivity contribution in [3.05, 3.63) is 29.8 Å². The highest BCUT2D eigenvalue weighted by atomic mass is 16.6. The molecule has 0 aliphatic carbocycles. The van der Waals surface area contributed by atoms with Gasteiger partial charge in [-0.15, -0.1) is 0 Å². The molecular formula is C20H32O2. The van der Waals surface area contributed by atoms with E-state index in [4.69, 9.17) is 9.47 Å². The fraction of sp³-hybridized carbons (Fsp3) is 0.700. The normalized spacial score (nSPS) is 20.1. The molecule has 0 radical (unpaired) electrons. The van der Waals surface area contributed by atoms with E-state index in [0.717, 1.165) is 12.4 Å². The number of hydrogen-bond acceptors (Lipinski definition) is 2. The Balaban J connectivity index is 1.52. The lowest BCUT2D eigenvalue weighted by atomic mass is 10.0. The molecule has 0 N–H and O–H groups in total. The Morgan fingerprint density at radius 3 is 2.14 bits per heavy atom. The van der Waals surface area contributed by atoms with E-state index in [1.54, 1.807) is 0 Å². The van der Waals surface area contributed by atoms with Crippen LogP contribution < -0.4 is 4.74 Å². The summed E-state index contributed by atoms with van der Waals surface area (Å²) in [7, 11) is 0. The van der Waals surface area contributed by atoms with Gasteiger partial charge in [0, 0.05) is 0 Å². The number of aryl methyl sites for hydroxylation is 1. The van der Waals surface area contributed by atoms with Crippen LogP contribution in [-0.4, -0.2) is 18.8 Å². The lowest BCUT2D eigenvalue weighted by Gasteiger charge is -2.09. The Labute approximate surface area is 136 Å². The minimum atomic E-state index is -0.0319. The highest BCUT2D eigenvalue weighted by Gasteiger charge is 2.40. The van der Waals surface area contributed by atoms with Gasteiger partial charge in [0.15, 0.2) is 0 Å². The van der Waals surface area contributed by atoms with Gasteiger partial charge in [0.2, 0.25) is 0 Å². The van der Waals surface area contributed by atoms with Crippen LogP contribution in [0.25, 0.3) is 0 Å². The fourth-order valence-corrected chi connectivity index (χ4v) is 2.66. The van der Waals surface area contributed by atoms with E-state index >= 15 is 0 Å². The Morgan fingerprint density at radius 2 is 1.55 bits per heavy atom. The third kappa shape index (κ3) is 6.83. The molecule has 1 heterocycles. The molecule has 124 valence electrons. The van der Waals surface area contributed by atoms with E-state index in [0.29, 0.717) is 6.61 Å². The van der Waals surface area contributed by atoms with E-state index in [2.05, 4.69) is 38.1 Å². The second-order valence-electron chi connectivity index (χ2n) is 6.90. The zero-order chi connectivity index (χ0) is 15.7. The molecule has 1 saturated heterocycles. The summed E-state index contributed by atoms with van der Waals surface area (Å²) in [5.74, 6) is 0.955. The van der Waals surface area contributed by atoms with Gasteiger partial charge in [-0.1, -0.05) is 64.0 Å². The van der Waals surface area contributed by atoms with Crippen molar-refractivity contribution in [1.29, 1.82) is 0 Å². The van der Waals surface area contributed by atoms with Crippen molar-refractivity contribution >= 4 is 0 Å². The van der Waals surface area contributed by atoms with Crippen LogP contribution in [0.4, 0.5) is 0 Å². The lowest BCUT2D eigenvalue weighted by molar-refractivity contribution is 0.202. The molecule has 0 saturated carbocycles. The molecular weight excluding hydrogens is 272 g/mol. The summed E-state index contributed by atoms with van der Waals surface area (Å²) in [5.41, 5.74) is 1.39. The zero-order valence-electron chi connectivity index (χ0n) is 14.4. The minimum absolute atomic E-state index is 0.0319. The molecule has 1 atom stereocenters. The van der Waals surface area contributed by atoms with Gasteiger partial charge >= 0.3 is 0 Å². The standard InChI is InChI=1S/C20H32O2/c1-3-4-5-6-7-8-9-10-11-18-12-14-19(15-13-18)21-16-20(2)17-22-20/h12-15H,3-11,16-17H2,1-2H3. The molecule has 1 aliphatic rings. The molecule has 0 amide bonds. The van der Waals surface area contributed by atoms with Gasteiger partial charge in [-0.25, -0.2) is 0 Å². The van der Waals surface area contributed by atoms with Crippen molar-refractivity contribution < 1.29 is 9.47 Å². The van der Waals surface area contributed by atoms with Crippen molar-refractivity contribution in [2.45, 2.75) is 77.2 Å². The van der Waals surface area contributed by atoms with E-state index in [9.17, 15) is 0 Å². The molecule has 1 aromatic carbocycles. The van der Waals surface area contributed by atoms with Crippen LogP contribution >= 0.6 is 0 Å². The highest BCUT2D eigenvalue weighted by molar-refractivity contribution is 5.27. The van der Waals surface area contributed by atoms with Crippen LogP contribution in [0, 0.1) is 0 Å². The molecule has 0 spiro atoms. The molecule has 1 aromatic rings. The molecule has 1 aliphatic heterocycles. The first-order valence-corrected chi connectivity index (χ1v) is 9.07. The van der Waals surface area contributed by atoms with Crippen molar-refractivity contribution in [3.8, 4) is 5.75 Å². The number of epoxide rings is 1. The van der Waals surface area contributed by atoms with E-state index in [1.807, 2.05) is 0 Å². The Morgan fingerprint density at radius 1 is 0.955 bits per heavy atom. The largest absolute Gasteiger partial charge is 0.491 e. The molecule has 1 unspecified atom stereocenters. The average Bonchev–Trinajstić information content (AvgIpc) is 3.27. The first-order valence-electron chi connectivity index (χ1n) is 9.07. The summed E-state index contributed by atoms with van der Waals surface area (Å²) in [6, 6.07) is 8.58. The van der Waals surface area contributed by atoms with Crippen molar-refractivity contribution in [2.75, 3.05) is 13.2 Å². The summed E-state index contributed by atoms with van der Waals surface area (Å²) >= 11 is 0. The number of rotatable bonds is 12. The number of ether oxygens (including phenoxy) is 2. The zero-order valence-corrected chi connectivity index (χ0v) is 14.4. The molecule has 0 aromatic heterocycles. The smallest absolute Gasteiger partial charge is 0.123 e. The summed E-state index contributed by atoms with van der Waals surface area (Å²) in [6.07, 6.45) is 12.2. The van der Waals surface area contributed by atoms with Crippen molar-refractivity contribution in [1.82, 2.24) is 0 Å². The van der Waals surface area contributed by atoms with Crippen molar-refractivity contribution in [3.63, 3.8) is 0 Å². The maximum Gasteiger partial charge on any atom is 0.123 e. The SMILES string of the molecule is CCCCCCCCCCc1ccc(OCC2(C)CO2)cc1. The first kappa shape index (κ1) is 17.3. The Kier molecular flexibility index (Phi) is 7.24. The van der Waals surface area contributed by atoms with Crippen LogP contribution in [-0.2, 0) is 11.2 Å². The lowest BCUT2D eigenvalue weighted by Crippen LogP contribution is -2.16. The van der Waals surface area contributed by atoms with Crippen molar-refractivity contribution in [2.24, 2.45) is 0 Å². The predicted octanol–water partition coefficient (Wildman–Crippen LogP) is 5.54. The monoisotopic (exact) mass is 304 g/mol. The van der Waals surface area contributed by atoms with E-state index in [1.165, 1.54) is 63.4 Å².